The summed E-state index contributed by atoms with van der Waals surface area (Å²) in [6, 6.07) is 8.58. The van der Waals surface area contributed by atoms with Gasteiger partial charge in [-0.2, -0.15) is 0 Å². The largest absolute Gasteiger partial charge is 0.489 e. The monoisotopic (exact) mass is 233 g/mol. The van der Waals surface area contributed by atoms with E-state index in [0.29, 0.717) is 12.0 Å². The third-order valence-corrected chi connectivity index (χ3v) is 3.12. The van der Waals surface area contributed by atoms with Gasteiger partial charge in [-0.15, -0.1) is 0 Å². The van der Waals surface area contributed by atoms with Crippen LogP contribution in [0.3, 0.4) is 0 Å². The molecule has 1 N–H and O–H groups in total. The number of nitrogens with one attached hydrogen (secondary N) is 1. The van der Waals surface area contributed by atoms with Crippen molar-refractivity contribution >= 4 is 0 Å². The zero-order valence-electron chi connectivity index (χ0n) is 10.9. The van der Waals surface area contributed by atoms with Crippen LogP contribution in [-0.2, 0) is 6.42 Å². The van der Waals surface area contributed by atoms with Crippen LogP contribution in [0.1, 0.15) is 32.3 Å². The number of benzene rings is 1. The van der Waals surface area contributed by atoms with Crippen LogP contribution in [0.15, 0.2) is 24.3 Å². The minimum atomic E-state index is 0.347. The molecule has 0 radical (unpaired) electrons. The van der Waals surface area contributed by atoms with Crippen molar-refractivity contribution in [3.8, 4) is 5.75 Å². The van der Waals surface area contributed by atoms with Crippen LogP contribution < -0.4 is 10.1 Å². The van der Waals surface area contributed by atoms with Crippen LogP contribution in [0, 0.1) is 5.92 Å². The second kappa shape index (κ2) is 6.06. The SMILES string of the molecule is CC(C)Cc1ccc(OC2CCCNC2)cc1. The van der Waals surface area contributed by atoms with Gasteiger partial charge in [0.2, 0.25) is 0 Å². The number of rotatable bonds is 4. The van der Waals surface area contributed by atoms with Gasteiger partial charge in [-0.05, 0) is 49.4 Å². The van der Waals surface area contributed by atoms with Crippen LogP contribution in [0.25, 0.3) is 0 Å². The summed E-state index contributed by atoms with van der Waals surface area (Å²) in [6.45, 7) is 6.61. The highest BCUT2D eigenvalue weighted by Crippen LogP contribution is 2.18. The zero-order valence-corrected chi connectivity index (χ0v) is 10.9. The molecule has 2 nitrogen and oxygen atoms in total. The molecule has 0 spiro atoms. The molecular weight excluding hydrogens is 210 g/mol. The van der Waals surface area contributed by atoms with Crippen molar-refractivity contribution < 1.29 is 4.74 Å². The summed E-state index contributed by atoms with van der Waals surface area (Å²) in [5, 5.41) is 3.37. The first-order chi connectivity index (χ1) is 8.24. The van der Waals surface area contributed by atoms with Crippen molar-refractivity contribution in [2.45, 2.75) is 39.2 Å². The zero-order chi connectivity index (χ0) is 12.1. The van der Waals surface area contributed by atoms with E-state index in [9.17, 15) is 0 Å². The third kappa shape index (κ3) is 4.04. The Labute approximate surface area is 104 Å². The Hall–Kier alpha value is -1.02. The molecule has 1 fully saturated rings. The van der Waals surface area contributed by atoms with Gasteiger partial charge in [0.25, 0.3) is 0 Å². The first-order valence-corrected chi connectivity index (χ1v) is 6.70. The first kappa shape index (κ1) is 12.4. The lowest BCUT2D eigenvalue weighted by molar-refractivity contribution is 0.167. The first-order valence-electron chi connectivity index (χ1n) is 6.70. The standard InChI is InChI=1S/C15H23NO/c1-12(2)10-13-5-7-14(8-6-13)17-15-4-3-9-16-11-15/h5-8,12,15-16H,3-4,9-11H2,1-2H3. The summed E-state index contributed by atoms with van der Waals surface area (Å²) in [4.78, 5) is 0. The van der Waals surface area contributed by atoms with Gasteiger partial charge < -0.3 is 10.1 Å². The fourth-order valence-electron chi connectivity index (χ4n) is 2.29. The average Bonchev–Trinajstić information content (AvgIpc) is 2.32. The molecule has 1 atom stereocenters. The smallest absolute Gasteiger partial charge is 0.119 e. The van der Waals surface area contributed by atoms with E-state index in [0.717, 1.165) is 25.3 Å². The molecule has 1 aromatic carbocycles. The summed E-state index contributed by atoms with van der Waals surface area (Å²) in [5.74, 6) is 1.72. The number of hydrogen-bond donors (Lipinski definition) is 1. The molecule has 94 valence electrons. The predicted octanol–water partition coefficient (Wildman–Crippen LogP) is 3.02. The van der Waals surface area contributed by atoms with Crippen LogP contribution in [0.5, 0.6) is 5.75 Å². The van der Waals surface area contributed by atoms with Gasteiger partial charge in [0, 0.05) is 6.54 Å². The van der Waals surface area contributed by atoms with E-state index in [4.69, 9.17) is 4.74 Å². The number of piperidine rings is 1. The van der Waals surface area contributed by atoms with Crippen molar-refractivity contribution in [1.82, 2.24) is 5.32 Å². The van der Waals surface area contributed by atoms with Gasteiger partial charge in [-0.1, -0.05) is 26.0 Å². The highest BCUT2D eigenvalue weighted by molar-refractivity contribution is 5.27. The second-order valence-corrected chi connectivity index (χ2v) is 5.33. The van der Waals surface area contributed by atoms with E-state index in [-0.39, 0.29) is 0 Å². The summed E-state index contributed by atoms with van der Waals surface area (Å²) >= 11 is 0. The molecule has 0 amide bonds. The van der Waals surface area contributed by atoms with Crippen molar-refractivity contribution in [3.05, 3.63) is 29.8 Å². The maximum Gasteiger partial charge on any atom is 0.119 e. The molecule has 0 aliphatic carbocycles. The molecule has 2 heteroatoms. The van der Waals surface area contributed by atoms with E-state index in [2.05, 4.69) is 43.4 Å². The quantitative estimate of drug-likeness (QED) is 0.863. The Bertz CT molecular complexity index is 325. The maximum absolute atomic E-state index is 5.95. The van der Waals surface area contributed by atoms with Gasteiger partial charge in [0.1, 0.15) is 11.9 Å². The maximum atomic E-state index is 5.95. The Balaban J connectivity index is 1.88. The fraction of sp³-hybridized carbons (Fsp3) is 0.600. The van der Waals surface area contributed by atoms with E-state index in [1.165, 1.54) is 18.4 Å². The molecule has 17 heavy (non-hydrogen) atoms. The minimum Gasteiger partial charge on any atom is -0.489 e. The lowest BCUT2D eigenvalue weighted by Crippen LogP contribution is -2.37. The molecule has 1 aromatic rings. The van der Waals surface area contributed by atoms with Crippen LogP contribution in [0.2, 0.25) is 0 Å². The second-order valence-electron chi connectivity index (χ2n) is 5.33. The Morgan fingerprint density at radius 1 is 1.29 bits per heavy atom. The molecule has 0 saturated carbocycles. The molecule has 1 saturated heterocycles. The molecule has 2 rings (SSSR count). The summed E-state index contributed by atoms with van der Waals surface area (Å²) in [5.41, 5.74) is 1.40. The van der Waals surface area contributed by atoms with Gasteiger partial charge in [0.05, 0.1) is 0 Å². The van der Waals surface area contributed by atoms with Gasteiger partial charge in [-0.25, -0.2) is 0 Å². The lowest BCUT2D eigenvalue weighted by atomic mass is 10.0. The number of ether oxygens (including phenoxy) is 1. The molecule has 1 unspecified atom stereocenters. The Morgan fingerprint density at radius 2 is 2.06 bits per heavy atom. The van der Waals surface area contributed by atoms with Gasteiger partial charge >= 0.3 is 0 Å². The van der Waals surface area contributed by atoms with Crippen molar-refractivity contribution in [1.29, 1.82) is 0 Å². The Morgan fingerprint density at radius 3 is 2.65 bits per heavy atom. The lowest BCUT2D eigenvalue weighted by Gasteiger charge is -2.24. The normalized spacial score (nSPS) is 20.5. The molecule has 1 heterocycles. The molecule has 1 aliphatic heterocycles. The van der Waals surface area contributed by atoms with Crippen LogP contribution in [-0.4, -0.2) is 19.2 Å². The minimum absolute atomic E-state index is 0.347. The van der Waals surface area contributed by atoms with E-state index in [1.54, 1.807) is 0 Å². The molecular formula is C15H23NO. The molecule has 1 aliphatic rings. The van der Waals surface area contributed by atoms with Gasteiger partial charge in [0.15, 0.2) is 0 Å². The van der Waals surface area contributed by atoms with E-state index < -0.39 is 0 Å². The highest BCUT2D eigenvalue weighted by Gasteiger charge is 2.13. The number of hydrogen-bond acceptors (Lipinski definition) is 2. The topological polar surface area (TPSA) is 21.3 Å². The Kier molecular flexibility index (Phi) is 4.43. The van der Waals surface area contributed by atoms with Crippen LogP contribution in [0.4, 0.5) is 0 Å². The molecule has 0 aromatic heterocycles. The van der Waals surface area contributed by atoms with Crippen molar-refractivity contribution in [3.63, 3.8) is 0 Å². The predicted molar refractivity (Wildman–Crippen MR) is 71.5 cm³/mol. The van der Waals surface area contributed by atoms with Crippen LogP contribution >= 0.6 is 0 Å². The summed E-state index contributed by atoms with van der Waals surface area (Å²) in [6.07, 6.45) is 3.88. The van der Waals surface area contributed by atoms with E-state index in [1.807, 2.05) is 0 Å². The highest BCUT2D eigenvalue weighted by atomic mass is 16.5. The average molecular weight is 233 g/mol. The van der Waals surface area contributed by atoms with E-state index >= 15 is 0 Å². The van der Waals surface area contributed by atoms with Crippen molar-refractivity contribution in [2.24, 2.45) is 5.92 Å². The van der Waals surface area contributed by atoms with Gasteiger partial charge in [-0.3, -0.25) is 0 Å². The summed E-state index contributed by atoms with van der Waals surface area (Å²) in [7, 11) is 0. The third-order valence-electron chi connectivity index (χ3n) is 3.12. The summed E-state index contributed by atoms with van der Waals surface area (Å²) < 4.78 is 5.95. The van der Waals surface area contributed by atoms with Crippen molar-refractivity contribution in [2.75, 3.05) is 13.1 Å². The molecule has 0 bridgehead atoms. The fourth-order valence-corrected chi connectivity index (χ4v) is 2.29.